The summed E-state index contributed by atoms with van der Waals surface area (Å²) in [6, 6.07) is 0. The van der Waals surface area contributed by atoms with Crippen LogP contribution in [0.1, 0.15) is 0 Å². The fraction of sp³-hybridized carbons (Fsp3) is 0. The topological polar surface area (TPSA) is 50.4 Å². The highest BCUT2D eigenvalue weighted by atomic mass is 16.3. The smallest absolute Gasteiger partial charge is 0.215 e. The Morgan fingerprint density at radius 2 is 2.00 bits per heavy atom. The van der Waals surface area contributed by atoms with Crippen molar-refractivity contribution in [2.45, 2.75) is 0 Å². The third-order valence-electron chi connectivity index (χ3n) is 1.31. The summed E-state index contributed by atoms with van der Waals surface area (Å²) in [5.74, 6) is 0.106. The van der Waals surface area contributed by atoms with Gasteiger partial charge in [0.25, 0.3) is 0 Å². The summed E-state index contributed by atoms with van der Waals surface area (Å²) < 4.78 is 1.55. The van der Waals surface area contributed by atoms with Gasteiger partial charge in [-0.1, -0.05) is 0 Å². The fourth-order valence-electron chi connectivity index (χ4n) is 0.835. The molecule has 0 unspecified atom stereocenters. The molecule has 0 atom stereocenters. The van der Waals surface area contributed by atoms with Crippen LogP contribution in [0.25, 0.3) is 5.52 Å². The Balaban J connectivity index is 2.95. The van der Waals surface area contributed by atoms with Crippen molar-refractivity contribution in [1.82, 2.24) is 14.4 Å². The summed E-state index contributed by atoms with van der Waals surface area (Å²) in [6.45, 7) is 0. The zero-order valence-electron chi connectivity index (χ0n) is 5.10. The van der Waals surface area contributed by atoms with Gasteiger partial charge in [0.15, 0.2) is 0 Å². The molecule has 0 saturated heterocycles. The molecule has 0 radical (unpaired) electrons. The van der Waals surface area contributed by atoms with Crippen LogP contribution >= 0.6 is 0 Å². The summed E-state index contributed by atoms with van der Waals surface area (Å²) in [5.41, 5.74) is 0.792. The molecule has 0 aliphatic rings. The monoisotopic (exact) mass is 135 g/mol. The predicted octanol–water partition coefficient (Wildman–Crippen LogP) is 0.435. The second-order valence-electron chi connectivity index (χ2n) is 1.95. The Labute approximate surface area is 56.8 Å². The van der Waals surface area contributed by atoms with Crippen LogP contribution < -0.4 is 0 Å². The average molecular weight is 135 g/mol. The normalized spacial score (nSPS) is 10.4. The number of imidazole rings is 1. The van der Waals surface area contributed by atoms with Crippen LogP contribution in [-0.4, -0.2) is 19.5 Å². The van der Waals surface area contributed by atoms with Crippen molar-refractivity contribution >= 4 is 5.52 Å². The van der Waals surface area contributed by atoms with E-state index in [4.69, 9.17) is 5.11 Å². The maximum atomic E-state index is 9.12. The highest BCUT2D eigenvalue weighted by molar-refractivity contribution is 5.43. The van der Waals surface area contributed by atoms with E-state index in [9.17, 15) is 0 Å². The van der Waals surface area contributed by atoms with Crippen molar-refractivity contribution in [2.75, 3.05) is 0 Å². The number of fused-ring (bicyclic) bond motifs is 1. The Bertz CT molecular complexity index is 355. The van der Waals surface area contributed by atoms with E-state index >= 15 is 0 Å². The van der Waals surface area contributed by atoms with Crippen LogP contribution in [0.15, 0.2) is 24.9 Å². The standard InChI is InChI=1S/C6H5N3O/c10-6-3-7-1-5-2-8-4-9(5)6/h1-4,10H. The minimum atomic E-state index is 0.106. The summed E-state index contributed by atoms with van der Waals surface area (Å²) in [6.07, 6.45) is 6.17. The van der Waals surface area contributed by atoms with Gasteiger partial charge in [0.05, 0.1) is 24.1 Å². The van der Waals surface area contributed by atoms with Gasteiger partial charge in [-0.05, 0) is 0 Å². The number of rotatable bonds is 0. The van der Waals surface area contributed by atoms with Crippen LogP contribution in [0.4, 0.5) is 0 Å². The van der Waals surface area contributed by atoms with Gasteiger partial charge in [-0.2, -0.15) is 0 Å². The molecule has 2 aromatic rings. The first-order valence-electron chi connectivity index (χ1n) is 2.83. The predicted molar refractivity (Wildman–Crippen MR) is 34.7 cm³/mol. The van der Waals surface area contributed by atoms with Gasteiger partial charge in [0.1, 0.15) is 6.33 Å². The highest BCUT2D eigenvalue weighted by Crippen LogP contribution is 2.08. The molecule has 0 aliphatic carbocycles. The van der Waals surface area contributed by atoms with Gasteiger partial charge in [-0.25, -0.2) is 4.98 Å². The van der Waals surface area contributed by atoms with Crippen LogP contribution in [0.5, 0.6) is 5.88 Å². The lowest BCUT2D eigenvalue weighted by Gasteiger charge is -1.93. The minimum absolute atomic E-state index is 0.106. The number of hydrogen-bond donors (Lipinski definition) is 1. The largest absolute Gasteiger partial charge is 0.493 e. The minimum Gasteiger partial charge on any atom is -0.493 e. The van der Waals surface area contributed by atoms with E-state index < -0.39 is 0 Å². The Morgan fingerprint density at radius 1 is 1.20 bits per heavy atom. The number of nitrogens with zero attached hydrogens (tertiary/aromatic N) is 3. The van der Waals surface area contributed by atoms with Crippen LogP contribution in [0, 0.1) is 0 Å². The first-order valence-corrected chi connectivity index (χ1v) is 2.83. The second kappa shape index (κ2) is 1.70. The van der Waals surface area contributed by atoms with Crippen molar-refractivity contribution in [3.63, 3.8) is 0 Å². The summed E-state index contributed by atoms with van der Waals surface area (Å²) in [7, 11) is 0. The number of aromatic nitrogens is 3. The Hall–Kier alpha value is -1.58. The molecule has 0 fully saturated rings. The van der Waals surface area contributed by atoms with E-state index in [-0.39, 0.29) is 5.88 Å². The molecular weight excluding hydrogens is 130 g/mol. The second-order valence-corrected chi connectivity index (χ2v) is 1.95. The highest BCUT2D eigenvalue weighted by Gasteiger charge is 1.95. The molecule has 4 nitrogen and oxygen atoms in total. The summed E-state index contributed by atoms with van der Waals surface area (Å²) in [5, 5.41) is 9.12. The molecule has 2 rings (SSSR count). The summed E-state index contributed by atoms with van der Waals surface area (Å²) in [4.78, 5) is 7.60. The van der Waals surface area contributed by atoms with E-state index in [1.54, 1.807) is 16.8 Å². The van der Waals surface area contributed by atoms with Crippen LogP contribution in [-0.2, 0) is 0 Å². The number of aromatic hydroxyl groups is 1. The summed E-state index contributed by atoms with van der Waals surface area (Å²) >= 11 is 0. The van der Waals surface area contributed by atoms with Crippen molar-refractivity contribution in [1.29, 1.82) is 0 Å². The number of hydrogen-bond acceptors (Lipinski definition) is 3. The molecule has 50 valence electrons. The molecule has 0 spiro atoms. The molecule has 0 aromatic carbocycles. The van der Waals surface area contributed by atoms with Crippen LogP contribution in [0.2, 0.25) is 0 Å². The lowest BCUT2D eigenvalue weighted by Crippen LogP contribution is -1.83. The maximum absolute atomic E-state index is 9.12. The van der Waals surface area contributed by atoms with Crippen LogP contribution in [0.3, 0.4) is 0 Å². The zero-order chi connectivity index (χ0) is 6.97. The van der Waals surface area contributed by atoms with Crippen molar-refractivity contribution in [3.05, 3.63) is 24.9 Å². The first-order chi connectivity index (χ1) is 4.88. The SMILES string of the molecule is Oc1cncc2cncn12. The molecule has 0 saturated carbocycles. The molecule has 4 heteroatoms. The third-order valence-corrected chi connectivity index (χ3v) is 1.31. The molecule has 10 heavy (non-hydrogen) atoms. The van der Waals surface area contributed by atoms with Gasteiger partial charge in [-0.3, -0.25) is 9.38 Å². The molecule has 0 amide bonds. The molecule has 2 aromatic heterocycles. The van der Waals surface area contributed by atoms with Crippen molar-refractivity contribution in [3.8, 4) is 5.88 Å². The van der Waals surface area contributed by atoms with Gasteiger partial charge >= 0.3 is 0 Å². The van der Waals surface area contributed by atoms with Crippen molar-refractivity contribution in [2.24, 2.45) is 0 Å². The fourth-order valence-corrected chi connectivity index (χ4v) is 0.835. The molecule has 1 N–H and O–H groups in total. The Morgan fingerprint density at radius 3 is 2.80 bits per heavy atom. The molecule has 0 aliphatic heterocycles. The van der Waals surface area contributed by atoms with E-state index in [1.165, 1.54) is 12.5 Å². The lowest BCUT2D eigenvalue weighted by atomic mass is 10.6. The van der Waals surface area contributed by atoms with Crippen molar-refractivity contribution < 1.29 is 5.11 Å². The van der Waals surface area contributed by atoms with E-state index in [0.717, 1.165) is 5.52 Å². The Kier molecular flexibility index (Phi) is 0.887. The maximum Gasteiger partial charge on any atom is 0.215 e. The van der Waals surface area contributed by atoms with E-state index in [2.05, 4.69) is 9.97 Å². The average Bonchev–Trinajstić information content (AvgIpc) is 2.36. The van der Waals surface area contributed by atoms with Gasteiger partial charge in [0, 0.05) is 0 Å². The van der Waals surface area contributed by atoms with Gasteiger partial charge in [0.2, 0.25) is 5.88 Å². The quantitative estimate of drug-likeness (QED) is 0.570. The molecular formula is C6H5N3O. The molecule has 0 bridgehead atoms. The molecule has 2 heterocycles. The van der Waals surface area contributed by atoms with Gasteiger partial charge < -0.3 is 5.11 Å². The van der Waals surface area contributed by atoms with Gasteiger partial charge in [-0.15, -0.1) is 0 Å². The van der Waals surface area contributed by atoms with E-state index in [0.29, 0.717) is 0 Å². The first kappa shape index (κ1) is 5.22. The lowest BCUT2D eigenvalue weighted by molar-refractivity contribution is 0.443. The van der Waals surface area contributed by atoms with E-state index in [1.807, 2.05) is 0 Å². The zero-order valence-corrected chi connectivity index (χ0v) is 5.10. The third kappa shape index (κ3) is 0.556.